The minimum atomic E-state index is 0.246. The molecule has 0 aliphatic rings. The van der Waals surface area contributed by atoms with E-state index >= 15 is 0 Å². The van der Waals surface area contributed by atoms with E-state index in [2.05, 4.69) is 10.1 Å². The summed E-state index contributed by atoms with van der Waals surface area (Å²) in [5, 5.41) is 3.85. The van der Waals surface area contributed by atoms with E-state index in [9.17, 15) is 0 Å². The fraction of sp³-hybridized carbons (Fsp3) is 0.273. The third-order valence-corrected chi connectivity index (χ3v) is 2.19. The SMILES string of the molecule is COc1cc(C)cc(-c2noc(CN)n2)c1. The van der Waals surface area contributed by atoms with Crippen LogP contribution < -0.4 is 10.5 Å². The second-order valence-corrected chi connectivity index (χ2v) is 3.45. The Morgan fingerprint density at radius 1 is 1.38 bits per heavy atom. The third-order valence-electron chi connectivity index (χ3n) is 2.19. The number of nitrogens with two attached hydrogens (primary N) is 1. The number of hydrogen-bond donors (Lipinski definition) is 1. The van der Waals surface area contributed by atoms with Gasteiger partial charge in [0.15, 0.2) is 0 Å². The molecule has 0 saturated heterocycles. The molecular formula is C11H13N3O2. The van der Waals surface area contributed by atoms with Crippen molar-refractivity contribution in [2.75, 3.05) is 7.11 Å². The van der Waals surface area contributed by atoms with Crippen molar-refractivity contribution in [1.29, 1.82) is 0 Å². The van der Waals surface area contributed by atoms with Gasteiger partial charge in [-0.2, -0.15) is 4.98 Å². The zero-order valence-electron chi connectivity index (χ0n) is 9.23. The number of methoxy groups -OCH3 is 1. The van der Waals surface area contributed by atoms with E-state index in [1.807, 2.05) is 25.1 Å². The Hall–Kier alpha value is -1.88. The second kappa shape index (κ2) is 4.32. The van der Waals surface area contributed by atoms with Crippen molar-refractivity contribution in [2.24, 2.45) is 5.73 Å². The average molecular weight is 219 g/mol. The van der Waals surface area contributed by atoms with Crippen molar-refractivity contribution < 1.29 is 9.26 Å². The monoisotopic (exact) mass is 219 g/mol. The predicted octanol–water partition coefficient (Wildman–Crippen LogP) is 1.51. The molecule has 0 amide bonds. The lowest BCUT2D eigenvalue weighted by Crippen LogP contribution is -1.95. The lowest BCUT2D eigenvalue weighted by molar-refractivity contribution is 0.380. The maximum absolute atomic E-state index is 5.41. The molecule has 1 heterocycles. The van der Waals surface area contributed by atoms with Crippen LogP contribution in [-0.4, -0.2) is 17.3 Å². The van der Waals surface area contributed by atoms with Crippen LogP contribution in [0.2, 0.25) is 0 Å². The minimum absolute atomic E-state index is 0.246. The summed E-state index contributed by atoms with van der Waals surface area (Å²) in [7, 11) is 1.63. The highest BCUT2D eigenvalue weighted by atomic mass is 16.5. The van der Waals surface area contributed by atoms with Crippen LogP contribution >= 0.6 is 0 Å². The van der Waals surface area contributed by atoms with Gasteiger partial charge in [0.2, 0.25) is 11.7 Å². The molecular weight excluding hydrogens is 206 g/mol. The van der Waals surface area contributed by atoms with Gasteiger partial charge in [0.25, 0.3) is 0 Å². The normalized spacial score (nSPS) is 10.4. The topological polar surface area (TPSA) is 74.2 Å². The Morgan fingerprint density at radius 2 is 2.19 bits per heavy atom. The Balaban J connectivity index is 2.42. The van der Waals surface area contributed by atoms with Gasteiger partial charge in [0.05, 0.1) is 13.7 Å². The van der Waals surface area contributed by atoms with Gasteiger partial charge in [-0.25, -0.2) is 0 Å². The number of rotatable bonds is 3. The summed E-state index contributed by atoms with van der Waals surface area (Å²) in [6.45, 7) is 2.23. The molecule has 5 nitrogen and oxygen atoms in total. The molecule has 0 bridgehead atoms. The average Bonchev–Trinajstić information content (AvgIpc) is 2.76. The highest BCUT2D eigenvalue weighted by molar-refractivity contribution is 5.58. The standard InChI is InChI=1S/C11H13N3O2/c1-7-3-8(5-9(4-7)15-2)11-13-10(6-12)16-14-11/h3-5H,6,12H2,1-2H3. The fourth-order valence-electron chi connectivity index (χ4n) is 1.45. The van der Waals surface area contributed by atoms with Gasteiger partial charge in [-0.3, -0.25) is 0 Å². The molecule has 0 saturated carbocycles. The van der Waals surface area contributed by atoms with Crippen LogP contribution in [0.15, 0.2) is 22.7 Å². The van der Waals surface area contributed by atoms with Crippen LogP contribution in [0.3, 0.4) is 0 Å². The first-order chi connectivity index (χ1) is 7.72. The van der Waals surface area contributed by atoms with Gasteiger partial charge in [-0.15, -0.1) is 0 Å². The summed E-state index contributed by atoms with van der Waals surface area (Å²) in [5.41, 5.74) is 7.34. The number of benzene rings is 1. The van der Waals surface area contributed by atoms with Crippen molar-refractivity contribution in [1.82, 2.24) is 10.1 Å². The zero-order chi connectivity index (χ0) is 11.5. The van der Waals surface area contributed by atoms with E-state index in [-0.39, 0.29) is 6.54 Å². The number of aromatic nitrogens is 2. The lowest BCUT2D eigenvalue weighted by atomic mass is 10.1. The first-order valence-corrected chi connectivity index (χ1v) is 4.91. The molecule has 5 heteroatoms. The van der Waals surface area contributed by atoms with E-state index in [1.165, 1.54) is 0 Å². The summed E-state index contributed by atoms with van der Waals surface area (Å²) in [4.78, 5) is 4.16. The van der Waals surface area contributed by atoms with Crippen LogP contribution in [0.5, 0.6) is 5.75 Å². The summed E-state index contributed by atoms with van der Waals surface area (Å²) in [5.74, 6) is 1.73. The molecule has 0 radical (unpaired) electrons. The Bertz CT molecular complexity index is 494. The maximum Gasteiger partial charge on any atom is 0.240 e. The molecule has 2 N–H and O–H groups in total. The zero-order valence-corrected chi connectivity index (χ0v) is 9.23. The van der Waals surface area contributed by atoms with E-state index in [1.54, 1.807) is 7.11 Å². The quantitative estimate of drug-likeness (QED) is 0.847. The van der Waals surface area contributed by atoms with Gasteiger partial charge >= 0.3 is 0 Å². The van der Waals surface area contributed by atoms with Gasteiger partial charge in [-0.1, -0.05) is 5.16 Å². The first kappa shape index (κ1) is 10.6. The molecule has 0 spiro atoms. The molecule has 0 aliphatic heterocycles. The summed E-state index contributed by atoms with van der Waals surface area (Å²) >= 11 is 0. The number of aryl methyl sites for hydroxylation is 1. The van der Waals surface area contributed by atoms with Gasteiger partial charge < -0.3 is 15.0 Å². The van der Waals surface area contributed by atoms with Crippen molar-refractivity contribution in [3.8, 4) is 17.1 Å². The maximum atomic E-state index is 5.41. The van der Waals surface area contributed by atoms with E-state index in [0.29, 0.717) is 11.7 Å². The molecule has 0 unspecified atom stereocenters. The summed E-state index contributed by atoms with van der Waals surface area (Å²) in [6, 6.07) is 5.76. The number of hydrogen-bond acceptors (Lipinski definition) is 5. The third kappa shape index (κ3) is 2.04. The largest absolute Gasteiger partial charge is 0.497 e. The highest BCUT2D eigenvalue weighted by Crippen LogP contribution is 2.23. The predicted molar refractivity (Wildman–Crippen MR) is 58.9 cm³/mol. The molecule has 1 aromatic carbocycles. The van der Waals surface area contributed by atoms with Crippen molar-refractivity contribution in [3.63, 3.8) is 0 Å². The second-order valence-electron chi connectivity index (χ2n) is 3.45. The van der Waals surface area contributed by atoms with E-state index in [0.717, 1.165) is 16.9 Å². The molecule has 84 valence electrons. The van der Waals surface area contributed by atoms with Crippen molar-refractivity contribution in [3.05, 3.63) is 29.7 Å². The molecule has 1 aromatic heterocycles. The summed E-state index contributed by atoms with van der Waals surface area (Å²) < 4.78 is 10.1. The molecule has 0 aliphatic carbocycles. The van der Waals surface area contributed by atoms with Crippen LogP contribution in [0.4, 0.5) is 0 Å². The highest BCUT2D eigenvalue weighted by Gasteiger charge is 2.08. The molecule has 2 rings (SSSR count). The molecule has 16 heavy (non-hydrogen) atoms. The molecule has 0 atom stereocenters. The Labute approximate surface area is 93.2 Å². The minimum Gasteiger partial charge on any atom is -0.497 e. The van der Waals surface area contributed by atoms with E-state index in [4.69, 9.17) is 15.0 Å². The Kier molecular flexibility index (Phi) is 2.87. The van der Waals surface area contributed by atoms with Crippen LogP contribution in [0, 0.1) is 6.92 Å². The van der Waals surface area contributed by atoms with Crippen molar-refractivity contribution in [2.45, 2.75) is 13.5 Å². The smallest absolute Gasteiger partial charge is 0.240 e. The fourth-order valence-corrected chi connectivity index (χ4v) is 1.45. The van der Waals surface area contributed by atoms with Crippen LogP contribution in [0.25, 0.3) is 11.4 Å². The van der Waals surface area contributed by atoms with Crippen LogP contribution in [-0.2, 0) is 6.54 Å². The van der Waals surface area contributed by atoms with E-state index < -0.39 is 0 Å². The first-order valence-electron chi connectivity index (χ1n) is 4.91. The van der Waals surface area contributed by atoms with Gasteiger partial charge in [0, 0.05) is 5.56 Å². The van der Waals surface area contributed by atoms with Gasteiger partial charge in [-0.05, 0) is 30.7 Å². The van der Waals surface area contributed by atoms with Crippen LogP contribution in [0.1, 0.15) is 11.5 Å². The van der Waals surface area contributed by atoms with Gasteiger partial charge in [0.1, 0.15) is 5.75 Å². The number of nitrogens with zero attached hydrogens (tertiary/aromatic N) is 2. The van der Waals surface area contributed by atoms with Crippen molar-refractivity contribution >= 4 is 0 Å². The Morgan fingerprint density at radius 3 is 2.81 bits per heavy atom. The number of ether oxygens (including phenoxy) is 1. The lowest BCUT2D eigenvalue weighted by Gasteiger charge is -2.03. The summed E-state index contributed by atoms with van der Waals surface area (Å²) in [6.07, 6.45) is 0. The molecule has 0 fully saturated rings. The molecule has 2 aromatic rings.